The van der Waals surface area contributed by atoms with E-state index in [1.165, 1.54) is 0 Å². The molecule has 9 rings (SSSR count). The normalized spacial score (nSPS) is 11.8. The minimum atomic E-state index is 0.683. The number of nitrogens with zero attached hydrogens (tertiary/aromatic N) is 6. The molecule has 4 heterocycles. The van der Waals surface area contributed by atoms with Gasteiger partial charge in [0.2, 0.25) is 0 Å². The van der Waals surface area contributed by atoms with Crippen molar-refractivity contribution in [2.75, 3.05) is 0 Å². The van der Waals surface area contributed by atoms with Crippen LogP contribution >= 0.6 is 0 Å². The van der Waals surface area contributed by atoms with Gasteiger partial charge in [-0.05, 0) is 30.3 Å². The summed E-state index contributed by atoms with van der Waals surface area (Å²) in [5, 5.41) is 5.49. The molecule has 0 aliphatic carbocycles. The van der Waals surface area contributed by atoms with Crippen LogP contribution in [-0.2, 0) is 0 Å². The number of benzene rings is 5. The monoisotopic (exact) mass is 538 g/mol. The van der Waals surface area contributed by atoms with E-state index in [4.69, 9.17) is 9.97 Å². The van der Waals surface area contributed by atoms with Crippen molar-refractivity contribution in [2.24, 2.45) is 0 Å². The number of aromatic nitrogens is 6. The zero-order valence-corrected chi connectivity index (χ0v) is 22.4. The number of hydrogen-bond acceptors (Lipinski definition) is 4. The molecule has 42 heavy (non-hydrogen) atoms. The topological polar surface area (TPSA) is 61.4 Å². The maximum Gasteiger partial charge on any atom is 0.161 e. The second kappa shape index (κ2) is 8.81. The van der Waals surface area contributed by atoms with Crippen molar-refractivity contribution in [3.63, 3.8) is 0 Å². The minimum Gasteiger partial charge on any atom is -0.307 e. The fourth-order valence-corrected chi connectivity index (χ4v) is 6.44. The molecule has 196 valence electrons. The molecule has 6 nitrogen and oxygen atoms in total. The molecule has 0 fully saturated rings. The predicted molar refractivity (Wildman–Crippen MR) is 169 cm³/mol. The predicted octanol–water partition coefficient (Wildman–Crippen LogP) is 8.28. The third-order valence-corrected chi connectivity index (χ3v) is 8.11. The summed E-state index contributed by atoms with van der Waals surface area (Å²) in [6.45, 7) is 0. The third-order valence-electron chi connectivity index (χ3n) is 8.11. The van der Waals surface area contributed by atoms with Crippen LogP contribution in [0.1, 0.15) is 0 Å². The van der Waals surface area contributed by atoms with E-state index in [0.717, 1.165) is 71.6 Å². The van der Waals surface area contributed by atoms with Crippen LogP contribution in [0.4, 0.5) is 0 Å². The van der Waals surface area contributed by atoms with Crippen LogP contribution in [0.2, 0.25) is 0 Å². The number of fused-ring (bicyclic) bond motifs is 10. The standard InChI is InChI=1S/C36H22N6/c1-3-11-23(12-4-1)36-38-20-19-30(40-36)42-29-18-10-7-15-25(29)31-27-21-37-22-39-33(27)32-26-16-8-9-17-28(26)41(35(32)34(31)42)24-13-5-2-6-14-24/h1-22H. The second-order valence-electron chi connectivity index (χ2n) is 10.4. The van der Waals surface area contributed by atoms with Gasteiger partial charge in [0.05, 0.1) is 27.6 Å². The van der Waals surface area contributed by atoms with Gasteiger partial charge in [-0.1, -0.05) is 84.9 Å². The molecule has 9 aromatic rings. The smallest absolute Gasteiger partial charge is 0.161 e. The molecule has 0 N–H and O–H groups in total. The van der Waals surface area contributed by atoms with Gasteiger partial charge in [-0.2, -0.15) is 0 Å². The molecule has 0 saturated carbocycles. The van der Waals surface area contributed by atoms with Gasteiger partial charge in [0.25, 0.3) is 0 Å². The van der Waals surface area contributed by atoms with Crippen LogP contribution in [0.3, 0.4) is 0 Å². The highest BCUT2D eigenvalue weighted by molar-refractivity contribution is 6.35. The first-order chi connectivity index (χ1) is 20.9. The molecular weight excluding hydrogens is 516 g/mol. The third kappa shape index (κ3) is 3.14. The van der Waals surface area contributed by atoms with E-state index in [9.17, 15) is 0 Å². The lowest BCUT2D eigenvalue weighted by Crippen LogP contribution is -2.02. The van der Waals surface area contributed by atoms with Crippen LogP contribution in [0, 0.1) is 0 Å². The highest BCUT2D eigenvalue weighted by atomic mass is 15.1. The van der Waals surface area contributed by atoms with Crippen LogP contribution in [0.25, 0.3) is 77.4 Å². The lowest BCUT2D eigenvalue weighted by atomic mass is 10.0. The first-order valence-electron chi connectivity index (χ1n) is 13.9. The van der Waals surface area contributed by atoms with Crippen molar-refractivity contribution >= 4 is 54.5 Å². The van der Waals surface area contributed by atoms with Gasteiger partial charge in [0, 0.05) is 50.6 Å². The van der Waals surface area contributed by atoms with Crippen molar-refractivity contribution < 1.29 is 0 Å². The van der Waals surface area contributed by atoms with Gasteiger partial charge in [-0.15, -0.1) is 0 Å². The Kier molecular flexibility index (Phi) is 4.80. The summed E-state index contributed by atoms with van der Waals surface area (Å²) in [6.07, 6.45) is 5.45. The molecule has 0 saturated heterocycles. The summed E-state index contributed by atoms with van der Waals surface area (Å²) in [5.74, 6) is 1.49. The van der Waals surface area contributed by atoms with E-state index in [-0.39, 0.29) is 0 Å². The largest absolute Gasteiger partial charge is 0.307 e. The van der Waals surface area contributed by atoms with Crippen molar-refractivity contribution in [1.82, 2.24) is 29.1 Å². The molecule has 4 aromatic heterocycles. The van der Waals surface area contributed by atoms with Gasteiger partial charge in [-0.25, -0.2) is 19.9 Å². The zero-order chi connectivity index (χ0) is 27.6. The number of hydrogen-bond donors (Lipinski definition) is 0. The van der Waals surface area contributed by atoms with E-state index >= 15 is 0 Å². The van der Waals surface area contributed by atoms with Crippen molar-refractivity contribution in [1.29, 1.82) is 0 Å². The Morgan fingerprint density at radius 2 is 1.17 bits per heavy atom. The SMILES string of the molecule is c1ccc(-c2nccc(-n3c4ccccc4c4c5cncnc5c5c6ccccc6n(-c6ccccc6)c5c43)n2)cc1. The van der Waals surface area contributed by atoms with Gasteiger partial charge in [0.15, 0.2) is 5.82 Å². The fourth-order valence-electron chi connectivity index (χ4n) is 6.44. The minimum absolute atomic E-state index is 0.683. The fraction of sp³-hybridized carbons (Fsp3) is 0. The van der Waals surface area contributed by atoms with Gasteiger partial charge in [0.1, 0.15) is 12.1 Å². The summed E-state index contributed by atoms with van der Waals surface area (Å²) >= 11 is 0. The maximum absolute atomic E-state index is 5.14. The van der Waals surface area contributed by atoms with E-state index in [2.05, 4.69) is 98.0 Å². The summed E-state index contributed by atoms with van der Waals surface area (Å²) in [7, 11) is 0. The van der Waals surface area contributed by atoms with Gasteiger partial charge < -0.3 is 4.57 Å². The molecule has 0 aliphatic rings. The van der Waals surface area contributed by atoms with E-state index in [1.807, 2.05) is 48.8 Å². The molecular formula is C36H22N6. The maximum atomic E-state index is 5.14. The van der Waals surface area contributed by atoms with Crippen molar-refractivity contribution in [2.45, 2.75) is 0 Å². The molecule has 0 unspecified atom stereocenters. The van der Waals surface area contributed by atoms with E-state index in [1.54, 1.807) is 6.33 Å². The first-order valence-corrected chi connectivity index (χ1v) is 13.9. The first kappa shape index (κ1) is 22.9. The van der Waals surface area contributed by atoms with Crippen molar-refractivity contribution in [3.05, 3.63) is 134 Å². The summed E-state index contributed by atoms with van der Waals surface area (Å²) in [6, 6.07) is 39.7. The molecule has 6 heteroatoms. The van der Waals surface area contributed by atoms with Gasteiger partial charge >= 0.3 is 0 Å². The van der Waals surface area contributed by atoms with E-state index < -0.39 is 0 Å². The Bertz CT molecular complexity index is 2460. The molecule has 0 bridgehead atoms. The summed E-state index contributed by atoms with van der Waals surface area (Å²) < 4.78 is 4.65. The van der Waals surface area contributed by atoms with Crippen LogP contribution in [-0.4, -0.2) is 29.1 Å². The quantitative estimate of drug-likeness (QED) is 0.227. The summed E-state index contributed by atoms with van der Waals surface area (Å²) in [4.78, 5) is 19.2. The Balaban J connectivity index is 1.57. The van der Waals surface area contributed by atoms with E-state index in [0.29, 0.717) is 5.82 Å². The Labute approximate surface area is 240 Å². The van der Waals surface area contributed by atoms with Crippen LogP contribution < -0.4 is 0 Å². The highest BCUT2D eigenvalue weighted by Gasteiger charge is 2.25. The summed E-state index contributed by atoms with van der Waals surface area (Å²) in [5.41, 5.74) is 7.33. The molecule has 0 amide bonds. The van der Waals surface area contributed by atoms with Crippen LogP contribution in [0.15, 0.2) is 134 Å². The molecule has 0 aliphatic heterocycles. The molecule has 0 radical (unpaired) electrons. The Hall–Kier alpha value is -5.88. The number of rotatable bonds is 3. The Morgan fingerprint density at radius 1 is 0.524 bits per heavy atom. The second-order valence-corrected chi connectivity index (χ2v) is 10.4. The lowest BCUT2D eigenvalue weighted by Gasteiger charge is -2.13. The lowest BCUT2D eigenvalue weighted by molar-refractivity contribution is 1.04. The zero-order valence-electron chi connectivity index (χ0n) is 22.4. The van der Waals surface area contributed by atoms with Gasteiger partial charge in [-0.3, -0.25) is 4.57 Å². The average molecular weight is 539 g/mol. The Morgan fingerprint density at radius 3 is 1.95 bits per heavy atom. The number of para-hydroxylation sites is 3. The molecule has 0 spiro atoms. The molecule has 0 atom stereocenters. The molecule has 5 aromatic carbocycles. The van der Waals surface area contributed by atoms with Crippen molar-refractivity contribution in [3.8, 4) is 22.9 Å². The average Bonchev–Trinajstić information content (AvgIpc) is 3.60. The highest BCUT2D eigenvalue weighted by Crippen LogP contribution is 2.45. The van der Waals surface area contributed by atoms with Crippen LogP contribution in [0.5, 0.6) is 0 Å².